The van der Waals surface area contributed by atoms with Crippen molar-refractivity contribution >= 4 is 35.0 Å². The first-order valence-corrected chi connectivity index (χ1v) is 8.05. The second kappa shape index (κ2) is 6.86. The van der Waals surface area contributed by atoms with Crippen LogP contribution < -0.4 is 5.73 Å². The number of aryl methyl sites for hydroxylation is 1. The molecule has 0 amide bonds. The summed E-state index contributed by atoms with van der Waals surface area (Å²) >= 11 is 13.9. The van der Waals surface area contributed by atoms with Crippen LogP contribution in [-0.2, 0) is 0 Å². The van der Waals surface area contributed by atoms with Gasteiger partial charge in [-0.05, 0) is 37.6 Å². The predicted molar refractivity (Wildman–Crippen MR) is 89.9 cm³/mol. The van der Waals surface area contributed by atoms with Crippen molar-refractivity contribution in [3.05, 3.63) is 63.6 Å². The first-order chi connectivity index (χ1) is 9.47. The van der Waals surface area contributed by atoms with Crippen molar-refractivity contribution in [2.24, 2.45) is 5.73 Å². The molecule has 2 unspecified atom stereocenters. The van der Waals surface area contributed by atoms with Crippen LogP contribution in [0, 0.1) is 6.92 Å². The van der Waals surface area contributed by atoms with Crippen LogP contribution in [0.4, 0.5) is 0 Å². The molecule has 20 heavy (non-hydrogen) atoms. The molecule has 0 aromatic heterocycles. The van der Waals surface area contributed by atoms with Gasteiger partial charge in [-0.2, -0.15) is 0 Å². The molecule has 2 N–H and O–H groups in total. The third kappa shape index (κ3) is 3.92. The number of nitrogens with two attached hydrogens (primary N) is 1. The maximum absolute atomic E-state index is 6.24. The van der Waals surface area contributed by atoms with Gasteiger partial charge in [-0.1, -0.05) is 53.0 Å². The first kappa shape index (κ1) is 15.7. The summed E-state index contributed by atoms with van der Waals surface area (Å²) in [6.07, 6.45) is 0. The topological polar surface area (TPSA) is 26.0 Å². The highest BCUT2D eigenvalue weighted by Crippen LogP contribution is 2.41. The molecule has 4 heteroatoms. The van der Waals surface area contributed by atoms with Crippen molar-refractivity contribution in [1.29, 1.82) is 0 Å². The van der Waals surface area contributed by atoms with Crippen LogP contribution in [0.1, 0.15) is 23.3 Å². The van der Waals surface area contributed by atoms with E-state index in [4.69, 9.17) is 28.9 Å². The summed E-state index contributed by atoms with van der Waals surface area (Å²) in [5.74, 6) is 0. The fourth-order valence-electron chi connectivity index (χ4n) is 2.03. The van der Waals surface area contributed by atoms with Gasteiger partial charge in [-0.25, -0.2) is 0 Å². The number of halogens is 2. The van der Waals surface area contributed by atoms with E-state index in [1.54, 1.807) is 17.8 Å². The Morgan fingerprint density at radius 1 is 1.10 bits per heavy atom. The van der Waals surface area contributed by atoms with Gasteiger partial charge in [0, 0.05) is 21.2 Å². The van der Waals surface area contributed by atoms with Crippen molar-refractivity contribution in [3.8, 4) is 0 Å². The van der Waals surface area contributed by atoms with Crippen molar-refractivity contribution in [3.63, 3.8) is 0 Å². The van der Waals surface area contributed by atoms with Crippen molar-refractivity contribution < 1.29 is 0 Å². The van der Waals surface area contributed by atoms with Crippen LogP contribution in [0.2, 0.25) is 10.0 Å². The van der Waals surface area contributed by atoms with Crippen molar-refractivity contribution in [1.82, 2.24) is 0 Å². The second-order valence-electron chi connectivity index (χ2n) is 4.89. The standard InChI is InChI=1S/C16H17Cl2NS/c1-10-4-3-5-12(8-10)16(11(2)19)20-15-9-13(17)6-7-14(15)18/h3-9,11,16H,19H2,1-2H3. The van der Waals surface area contributed by atoms with Crippen LogP contribution in [0.3, 0.4) is 0 Å². The molecule has 0 aliphatic rings. The van der Waals surface area contributed by atoms with Gasteiger partial charge in [0.1, 0.15) is 0 Å². The highest BCUT2D eigenvalue weighted by Gasteiger charge is 2.19. The van der Waals surface area contributed by atoms with Gasteiger partial charge in [0.2, 0.25) is 0 Å². The molecule has 0 spiro atoms. The highest BCUT2D eigenvalue weighted by molar-refractivity contribution is 7.99. The Kier molecular flexibility index (Phi) is 5.39. The van der Waals surface area contributed by atoms with E-state index >= 15 is 0 Å². The van der Waals surface area contributed by atoms with E-state index in [0.29, 0.717) is 10.0 Å². The van der Waals surface area contributed by atoms with E-state index in [9.17, 15) is 0 Å². The Labute approximate surface area is 134 Å². The molecule has 2 rings (SSSR count). The van der Waals surface area contributed by atoms with E-state index in [-0.39, 0.29) is 11.3 Å². The Hall–Kier alpha value is -0.670. The Bertz CT molecular complexity index is 599. The van der Waals surface area contributed by atoms with Crippen molar-refractivity contribution in [2.45, 2.75) is 30.0 Å². The molecular weight excluding hydrogens is 309 g/mol. The monoisotopic (exact) mass is 325 g/mol. The zero-order chi connectivity index (χ0) is 14.7. The lowest BCUT2D eigenvalue weighted by Gasteiger charge is -2.22. The lowest BCUT2D eigenvalue weighted by molar-refractivity contribution is 0.721. The number of benzene rings is 2. The summed E-state index contributed by atoms with van der Waals surface area (Å²) in [4.78, 5) is 0.961. The number of hydrogen-bond donors (Lipinski definition) is 1. The molecule has 0 aliphatic heterocycles. The van der Waals surface area contributed by atoms with Crippen LogP contribution in [-0.4, -0.2) is 6.04 Å². The van der Waals surface area contributed by atoms with Gasteiger partial charge < -0.3 is 5.73 Å². The number of rotatable bonds is 4. The summed E-state index contributed by atoms with van der Waals surface area (Å²) in [5, 5.41) is 1.54. The second-order valence-corrected chi connectivity index (χ2v) is 6.91. The molecule has 0 heterocycles. The molecule has 2 aromatic carbocycles. The fourth-order valence-corrected chi connectivity index (χ4v) is 3.66. The molecule has 106 valence electrons. The average Bonchev–Trinajstić information content (AvgIpc) is 2.39. The lowest BCUT2D eigenvalue weighted by atomic mass is 10.0. The Balaban J connectivity index is 2.33. The van der Waals surface area contributed by atoms with Gasteiger partial charge >= 0.3 is 0 Å². The Morgan fingerprint density at radius 2 is 1.85 bits per heavy atom. The largest absolute Gasteiger partial charge is 0.327 e. The maximum Gasteiger partial charge on any atom is 0.0543 e. The molecule has 0 radical (unpaired) electrons. The molecule has 0 fully saturated rings. The van der Waals surface area contributed by atoms with Crippen molar-refractivity contribution in [2.75, 3.05) is 0 Å². The summed E-state index contributed by atoms with van der Waals surface area (Å²) in [5.41, 5.74) is 8.59. The number of hydrogen-bond acceptors (Lipinski definition) is 2. The van der Waals surface area contributed by atoms with Gasteiger partial charge in [-0.3, -0.25) is 0 Å². The van der Waals surface area contributed by atoms with E-state index in [2.05, 4.69) is 31.2 Å². The molecule has 2 atom stereocenters. The van der Waals surface area contributed by atoms with Crippen LogP contribution in [0.5, 0.6) is 0 Å². The summed E-state index contributed by atoms with van der Waals surface area (Å²) < 4.78 is 0. The molecular formula is C16H17Cl2NS. The smallest absolute Gasteiger partial charge is 0.0543 e. The highest BCUT2D eigenvalue weighted by atomic mass is 35.5. The first-order valence-electron chi connectivity index (χ1n) is 6.41. The van der Waals surface area contributed by atoms with Gasteiger partial charge in [0.15, 0.2) is 0 Å². The predicted octanol–water partition coefficient (Wildman–Crippen LogP) is 5.48. The van der Waals surface area contributed by atoms with E-state index in [0.717, 1.165) is 4.90 Å². The SMILES string of the molecule is Cc1cccc(C(Sc2cc(Cl)ccc2Cl)C(C)N)c1. The summed E-state index contributed by atoms with van der Waals surface area (Å²) in [6, 6.07) is 13.9. The minimum Gasteiger partial charge on any atom is -0.327 e. The summed E-state index contributed by atoms with van der Waals surface area (Å²) in [6.45, 7) is 4.09. The van der Waals surface area contributed by atoms with Gasteiger partial charge in [0.05, 0.1) is 5.02 Å². The zero-order valence-corrected chi connectivity index (χ0v) is 13.8. The molecule has 1 nitrogen and oxygen atoms in total. The average molecular weight is 326 g/mol. The molecule has 2 aromatic rings. The van der Waals surface area contributed by atoms with E-state index in [1.165, 1.54) is 11.1 Å². The third-order valence-corrected chi connectivity index (χ3v) is 5.22. The zero-order valence-electron chi connectivity index (χ0n) is 11.4. The van der Waals surface area contributed by atoms with Crippen LogP contribution in [0.25, 0.3) is 0 Å². The molecule has 0 bridgehead atoms. The molecule has 0 saturated heterocycles. The fraction of sp³-hybridized carbons (Fsp3) is 0.250. The van der Waals surface area contributed by atoms with Gasteiger partial charge in [-0.15, -0.1) is 11.8 Å². The van der Waals surface area contributed by atoms with Gasteiger partial charge in [0.25, 0.3) is 0 Å². The van der Waals surface area contributed by atoms with E-state index < -0.39 is 0 Å². The maximum atomic E-state index is 6.24. The third-order valence-electron chi connectivity index (χ3n) is 3.00. The van der Waals surface area contributed by atoms with Crippen LogP contribution >= 0.6 is 35.0 Å². The minimum absolute atomic E-state index is 0.0110. The quantitative estimate of drug-likeness (QED) is 0.753. The number of thioether (sulfide) groups is 1. The summed E-state index contributed by atoms with van der Waals surface area (Å²) in [7, 11) is 0. The normalized spacial score (nSPS) is 14.1. The minimum atomic E-state index is 0.0110. The van der Waals surface area contributed by atoms with E-state index in [1.807, 2.05) is 19.1 Å². The Morgan fingerprint density at radius 3 is 2.50 bits per heavy atom. The lowest BCUT2D eigenvalue weighted by Crippen LogP contribution is -2.22. The molecule has 0 aliphatic carbocycles. The van der Waals surface area contributed by atoms with Crippen LogP contribution in [0.15, 0.2) is 47.4 Å². The molecule has 0 saturated carbocycles.